The van der Waals surface area contributed by atoms with Crippen LogP contribution in [0.1, 0.15) is 6.92 Å². The van der Waals surface area contributed by atoms with E-state index < -0.39 is 23.7 Å². The van der Waals surface area contributed by atoms with Crippen molar-refractivity contribution in [2.45, 2.75) is 6.92 Å². The van der Waals surface area contributed by atoms with Gasteiger partial charge in [0.15, 0.2) is 0 Å². The number of carbonyl (C=O) groups excluding carboxylic acids is 1. The van der Waals surface area contributed by atoms with Gasteiger partial charge in [0.25, 0.3) is 0 Å². The standard InChI is InChI=1S/C13H14ClFN2O3/c1-7-5-17(6-9(7)12(18)19)13(20)16-11-4-8(15)2-3-10(11)14/h2-4,7,9H,5-6H2,1H3,(H,16,20)(H,18,19). The average molecular weight is 301 g/mol. The molecule has 0 spiro atoms. The lowest BCUT2D eigenvalue weighted by Crippen LogP contribution is -2.34. The molecular formula is C13H14ClFN2O3. The number of benzene rings is 1. The fourth-order valence-corrected chi connectivity index (χ4v) is 2.41. The number of likely N-dealkylation sites (tertiary alicyclic amines) is 1. The molecule has 1 aliphatic rings. The fourth-order valence-electron chi connectivity index (χ4n) is 2.24. The van der Waals surface area contributed by atoms with Crippen molar-refractivity contribution in [2.24, 2.45) is 11.8 Å². The van der Waals surface area contributed by atoms with Crippen molar-refractivity contribution in [2.75, 3.05) is 18.4 Å². The highest BCUT2D eigenvalue weighted by Crippen LogP contribution is 2.26. The van der Waals surface area contributed by atoms with Crippen molar-refractivity contribution in [3.63, 3.8) is 0 Å². The Bertz CT molecular complexity index is 552. The third kappa shape index (κ3) is 3.01. The van der Waals surface area contributed by atoms with Crippen LogP contribution in [0.2, 0.25) is 5.02 Å². The van der Waals surface area contributed by atoms with Gasteiger partial charge in [-0.3, -0.25) is 4.79 Å². The molecule has 1 saturated heterocycles. The Kier molecular flexibility index (Phi) is 4.13. The van der Waals surface area contributed by atoms with E-state index in [-0.39, 0.29) is 23.2 Å². The summed E-state index contributed by atoms with van der Waals surface area (Å²) >= 11 is 5.86. The molecule has 20 heavy (non-hydrogen) atoms. The number of urea groups is 1. The van der Waals surface area contributed by atoms with Gasteiger partial charge in [-0.1, -0.05) is 18.5 Å². The van der Waals surface area contributed by atoms with E-state index in [0.29, 0.717) is 6.54 Å². The molecule has 7 heteroatoms. The Morgan fingerprint density at radius 1 is 1.45 bits per heavy atom. The molecule has 2 atom stereocenters. The third-order valence-corrected chi connectivity index (χ3v) is 3.72. The van der Waals surface area contributed by atoms with Crippen LogP contribution in [0.15, 0.2) is 18.2 Å². The molecule has 5 nitrogen and oxygen atoms in total. The second-order valence-electron chi connectivity index (χ2n) is 4.88. The van der Waals surface area contributed by atoms with Crippen molar-refractivity contribution < 1.29 is 19.1 Å². The van der Waals surface area contributed by atoms with E-state index in [1.807, 2.05) is 0 Å². The Hall–Kier alpha value is -1.82. The Morgan fingerprint density at radius 3 is 2.75 bits per heavy atom. The summed E-state index contributed by atoms with van der Waals surface area (Å²) in [6, 6.07) is 3.18. The number of carboxylic acid groups (broad SMARTS) is 1. The van der Waals surface area contributed by atoms with Gasteiger partial charge in [0.05, 0.1) is 16.6 Å². The number of rotatable bonds is 2. The summed E-state index contributed by atoms with van der Waals surface area (Å²) in [5, 5.41) is 11.7. The molecule has 1 aromatic carbocycles. The smallest absolute Gasteiger partial charge is 0.321 e. The molecular weight excluding hydrogens is 287 g/mol. The van der Waals surface area contributed by atoms with E-state index in [1.165, 1.54) is 17.0 Å². The molecule has 2 N–H and O–H groups in total. The maximum Gasteiger partial charge on any atom is 0.321 e. The van der Waals surface area contributed by atoms with Crippen LogP contribution in [0.25, 0.3) is 0 Å². The van der Waals surface area contributed by atoms with Crippen molar-refractivity contribution in [3.05, 3.63) is 29.0 Å². The summed E-state index contributed by atoms with van der Waals surface area (Å²) in [7, 11) is 0. The second kappa shape index (κ2) is 5.66. The first-order valence-electron chi connectivity index (χ1n) is 6.12. The van der Waals surface area contributed by atoms with E-state index in [1.54, 1.807) is 6.92 Å². The van der Waals surface area contributed by atoms with Crippen LogP contribution in [0.4, 0.5) is 14.9 Å². The van der Waals surface area contributed by atoms with Crippen LogP contribution >= 0.6 is 11.6 Å². The maximum atomic E-state index is 13.1. The summed E-state index contributed by atoms with van der Waals surface area (Å²) in [6.07, 6.45) is 0. The molecule has 108 valence electrons. The Labute approximate surface area is 120 Å². The largest absolute Gasteiger partial charge is 0.481 e. The first-order chi connectivity index (χ1) is 9.38. The molecule has 1 fully saturated rings. The zero-order chi connectivity index (χ0) is 14.9. The van der Waals surface area contributed by atoms with Crippen molar-refractivity contribution in [1.82, 2.24) is 4.90 Å². The lowest BCUT2D eigenvalue weighted by molar-refractivity contribution is -0.142. The molecule has 0 aliphatic carbocycles. The van der Waals surface area contributed by atoms with Crippen molar-refractivity contribution in [3.8, 4) is 0 Å². The lowest BCUT2D eigenvalue weighted by Gasteiger charge is -2.17. The highest BCUT2D eigenvalue weighted by molar-refractivity contribution is 6.33. The lowest BCUT2D eigenvalue weighted by atomic mass is 9.99. The summed E-state index contributed by atoms with van der Waals surface area (Å²) < 4.78 is 13.1. The minimum atomic E-state index is -0.920. The van der Waals surface area contributed by atoms with Crippen LogP contribution in [0.5, 0.6) is 0 Å². The molecule has 2 rings (SSSR count). The first-order valence-corrected chi connectivity index (χ1v) is 6.50. The summed E-state index contributed by atoms with van der Waals surface area (Å²) in [5.41, 5.74) is 0.170. The molecule has 0 radical (unpaired) electrons. The maximum absolute atomic E-state index is 13.1. The van der Waals surface area contributed by atoms with Gasteiger partial charge >= 0.3 is 12.0 Å². The number of anilines is 1. The quantitative estimate of drug-likeness (QED) is 0.882. The number of nitrogens with one attached hydrogen (secondary N) is 1. The molecule has 1 heterocycles. The van der Waals surface area contributed by atoms with Crippen molar-refractivity contribution >= 4 is 29.3 Å². The number of carboxylic acids is 1. The van der Waals surface area contributed by atoms with Gasteiger partial charge in [0, 0.05) is 13.1 Å². The number of carbonyl (C=O) groups is 2. The van der Waals surface area contributed by atoms with Gasteiger partial charge in [-0.2, -0.15) is 0 Å². The third-order valence-electron chi connectivity index (χ3n) is 3.39. The van der Waals surface area contributed by atoms with Crippen LogP contribution in [-0.4, -0.2) is 35.1 Å². The summed E-state index contributed by atoms with van der Waals surface area (Å²) in [5.74, 6) is -2.13. The molecule has 0 aromatic heterocycles. The molecule has 2 unspecified atom stereocenters. The minimum Gasteiger partial charge on any atom is -0.481 e. The van der Waals surface area contributed by atoms with Gasteiger partial charge < -0.3 is 15.3 Å². The normalized spacial score (nSPS) is 21.9. The van der Waals surface area contributed by atoms with Gasteiger partial charge in [-0.05, 0) is 24.1 Å². The van der Waals surface area contributed by atoms with E-state index >= 15 is 0 Å². The summed E-state index contributed by atoms with van der Waals surface area (Å²) in [4.78, 5) is 24.4. The number of amides is 2. The molecule has 2 amide bonds. The van der Waals surface area contributed by atoms with Crippen LogP contribution in [-0.2, 0) is 4.79 Å². The van der Waals surface area contributed by atoms with Crippen LogP contribution in [0.3, 0.4) is 0 Å². The molecule has 0 saturated carbocycles. The predicted molar refractivity (Wildman–Crippen MR) is 72.3 cm³/mol. The second-order valence-corrected chi connectivity index (χ2v) is 5.29. The number of aliphatic carboxylic acids is 1. The van der Waals surface area contributed by atoms with Gasteiger partial charge in [0.2, 0.25) is 0 Å². The van der Waals surface area contributed by atoms with E-state index in [4.69, 9.17) is 16.7 Å². The zero-order valence-corrected chi connectivity index (χ0v) is 11.5. The first kappa shape index (κ1) is 14.6. The molecule has 0 bridgehead atoms. The van der Waals surface area contributed by atoms with E-state index in [2.05, 4.69) is 5.32 Å². The molecule has 1 aromatic rings. The Morgan fingerprint density at radius 2 is 2.15 bits per heavy atom. The van der Waals surface area contributed by atoms with Crippen molar-refractivity contribution in [1.29, 1.82) is 0 Å². The fraction of sp³-hybridized carbons (Fsp3) is 0.385. The summed E-state index contributed by atoms with van der Waals surface area (Å²) in [6.45, 7) is 2.26. The Balaban J connectivity index is 2.06. The monoisotopic (exact) mass is 300 g/mol. The van der Waals surface area contributed by atoms with Crippen LogP contribution in [0, 0.1) is 17.7 Å². The molecule has 1 aliphatic heterocycles. The zero-order valence-electron chi connectivity index (χ0n) is 10.8. The van der Waals surface area contributed by atoms with Gasteiger partial charge in [0.1, 0.15) is 5.82 Å². The topological polar surface area (TPSA) is 69.6 Å². The predicted octanol–water partition coefficient (Wildman–Crippen LogP) is 2.66. The minimum absolute atomic E-state index is 0.124. The number of hydrogen-bond donors (Lipinski definition) is 2. The number of halogens is 2. The van der Waals surface area contributed by atoms with Crippen LogP contribution < -0.4 is 5.32 Å². The number of nitrogens with zero attached hydrogens (tertiary/aromatic N) is 1. The average Bonchev–Trinajstić information content (AvgIpc) is 2.76. The number of hydrogen-bond acceptors (Lipinski definition) is 2. The van der Waals surface area contributed by atoms with Gasteiger partial charge in [-0.25, -0.2) is 9.18 Å². The highest BCUT2D eigenvalue weighted by atomic mass is 35.5. The SMILES string of the molecule is CC1CN(C(=O)Nc2cc(F)ccc2Cl)CC1C(=O)O. The highest BCUT2D eigenvalue weighted by Gasteiger charge is 2.37. The van der Waals surface area contributed by atoms with E-state index in [0.717, 1.165) is 6.07 Å². The van der Waals surface area contributed by atoms with Gasteiger partial charge in [-0.15, -0.1) is 0 Å². The van der Waals surface area contributed by atoms with E-state index in [9.17, 15) is 14.0 Å².